The lowest BCUT2D eigenvalue weighted by molar-refractivity contribution is 0.261. The normalized spacial score (nSPS) is 24.1. The third-order valence-electron chi connectivity index (χ3n) is 6.13. The van der Waals surface area contributed by atoms with Crippen LogP contribution in [0.25, 0.3) is 0 Å². The lowest BCUT2D eigenvalue weighted by atomic mass is 9.90. The van der Waals surface area contributed by atoms with Gasteiger partial charge in [-0.1, -0.05) is 54.6 Å². The molecule has 166 valence electrons. The molecule has 0 aromatic heterocycles. The molecule has 0 unspecified atom stereocenters. The SMILES string of the molecule is CS(=O)(=O)N1C[C@H]2CN(Cc3ccc(CCN)cc3)C[C@H]2[C@@H]1c1ccccc1.Cl.Cl. The molecule has 0 amide bonds. The topological polar surface area (TPSA) is 66.6 Å². The molecular formula is C22H31Cl2N3O2S. The molecule has 0 radical (unpaired) electrons. The molecule has 2 aromatic carbocycles. The maximum absolute atomic E-state index is 12.4. The molecule has 8 heteroatoms. The van der Waals surface area contributed by atoms with E-state index in [1.54, 1.807) is 4.31 Å². The minimum absolute atomic E-state index is 0. The van der Waals surface area contributed by atoms with Gasteiger partial charge in [0.05, 0.1) is 12.3 Å². The average molecular weight is 472 g/mol. The van der Waals surface area contributed by atoms with E-state index in [2.05, 4.69) is 41.3 Å². The molecule has 30 heavy (non-hydrogen) atoms. The van der Waals surface area contributed by atoms with E-state index in [4.69, 9.17) is 5.73 Å². The van der Waals surface area contributed by atoms with Gasteiger partial charge in [0.2, 0.25) is 10.0 Å². The van der Waals surface area contributed by atoms with Crippen molar-refractivity contribution in [2.45, 2.75) is 19.0 Å². The number of hydrogen-bond acceptors (Lipinski definition) is 4. The first kappa shape index (κ1) is 25.1. The van der Waals surface area contributed by atoms with E-state index in [0.717, 1.165) is 31.6 Å². The Morgan fingerprint density at radius 2 is 1.57 bits per heavy atom. The highest BCUT2D eigenvalue weighted by molar-refractivity contribution is 7.88. The fourth-order valence-corrected chi connectivity index (χ4v) is 6.02. The highest BCUT2D eigenvalue weighted by atomic mass is 35.5. The van der Waals surface area contributed by atoms with E-state index in [1.165, 1.54) is 17.4 Å². The summed E-state index contributed by atoms with van der Waals surface area (Å²) in [6.07, 6.45) is 2.25. The first-order valence-electron chi connectivity index (χ1n) is 9.97. The largest absolute Gasteiger partial charge is 0.330 e. The van der Waals surface area contributed by atoms with Crippen molar-refractivity contribution in [1.29, 1.82) is 0 Å². The Bertz CT molecular complexity index is 910. The van der Waals surface area contributed by atoms with Crippen LogP contribution in [0.2, 0.25) is 0 Å². The van der Waals surface area contributed by atoms with Crippen molar-refractivity contribution in [3.63, 3.8) is 0 Å². The number of nitrogens with zero attached hydrogens (tertiary/aromatic N) is 2. The van der Waals surface area contributed by atoms with Crippen molar-refractivity contribution in [2.24, 2.45) is 17.6 Å². The molecular weight excluding hydrogens is 441 g/mol. The molecule has 2 N–H and O–H groups in total. The predicted octanol–water partition coefficient (Wildman–Crippen LogP) is 3.10. The number of rotatable bonds is 6. The van der Waals surface area contributed by atoms with Crippen molar-refractivity contribution >= 4 is 34.8 Å². The highest BCUT2D eigenvalue weighted by Crippen LogP contribution is 2.46. The maximum Gasteiger partial charge on any atom is 0.211 e. The molecule has 5 nitrogen and oxygen atoms in total. The van der Waals surface area contributed by atoms with Gasteiger partial charge < -0.3 is 5.73 Å². The molecule has 2 aliphatic heterocycles. The number of sulfonamides is 1. The van der Waals surface area contributed by atoms with Gasteiger partial charge in [-0.25, -0.2) is 8.42 Å². The lowest BCUT2D eigenvalue weighted by Gasteiger charge is -2.28. The van der Waals surface area contributed by atoms with Crippen LogP contribution in [0.4, 0.5) is 0 Å². The van der Waals surface area contributed by atoms with Crippen molar-refractivity contribution in [1.82, 2.24) is 9.21 Å². The van der Waals surface area contributed by atoms with Gasteiger partial charge >= 0.3 is 0 Å². The molecule has 0 aliphatic carbocycles. The summed E-state index contributed by atoms with van der Waals surface area (Å²) in [4.78, 5) is 2.48. The molecule has 0 bridgehead atoms. The van der Waals surface area contributed by atoms with Gasteiger partial charge in [-0.05, 0) is 41.5 Å². The third-order valence-corrected chi connectivity index (χ3v) is 7.35. The van der Waals surface area contributed by atoms with Crippen LogP contribution < -0.4 is 5.73 Å². The smallest absolute Gasteiger partial charge is 0.211 e. The number of likely N-dealkylation sites (tertiary alicyclic amines) is 1. The fourth-order valence-electron chi connectivity index (χ4n) is 4.87. The summed E-state index contributed by atoms with van der Waals surface area (Å²) < 4.78 is 26.5. The number of hydrogen-bond donors (Lipinski definition) is 1. The van der Waals surface area contributed by atoms with E-state index in [1.807, 2.05) is 18.2 Å². The van der Waals surface area contributed by atoms with Crippen LogP contribution in [0.15, 0.2) is 54.6 Å². The van der Waals surface area contributed by atoms with Gasteiger partial charge in [0.15, 0.2) is 0 Å². The zero-order chi connectivity index (χ0) is 19.7. The van der Waals surface area contributed by atoms with Crippen LogP contribution >= 0.6 is 24.8 Å². The van der Waals surface area contributed by atoms with Gasteiger partial charge in [0, 0.05) is 26.2 Å². The summed E-state index contributed by atoms with van der Waals surface area (Å²) in [6.45, 7) is 4.09. The third kappa shape index (κ3) is 5.36. The van der Waals surface area contributed by atoms with E-state index in [-0.39, 0.29) is 30.9 Å². The van der Waals surface area contributed by atoms with Crippen LogP contribution in [0, 0.1) is 11.8 Å². The quantitative estimate of drug-likeness (QED) is 0.702. The molecule has 2 saturated heterocycles. The second-order valence-corrected chi connectivity index (χ2v) is 10.1. The van der Waals surface area contributed by atoms with Crippen LogP contribution in [-0.2, 0) is 23.0 Å². The summed E-state index contributed by atoms with van der Waals surface area (Å²) in [7, 11) is -3.22. The van der Waals surface area contributed by atoms with Gasteiger partial charge in [-0.2, -0.15) is 4.31 Å². The maximum atomic E-state index is 12.4. The second kappa shape index (κ2) is 10.4. The van der Waals surface area contributed by atoms with E-state index >= 15 is 0 Å². The predicted molar refractivity (Wildman–Crippen MR) is 127 cm³/mol. The molecule has 2 aromatic rings. The first-order valence-corrected chi connectivity index (χ1v) is 11.8. The van der Waals surface area contributed by atoms with Gasteiger partial charge in [-0.15, -0.1) is 24.8 Å². The average Bonchev–Trinajstić information content (AvgIpc) is 3.21. The molecule has 2 aliphatic rings. The minimum atomic E-state index is -3.22. The van der Waals surface area contributed by atoms with Crippen LogP contribution in [0.1, 0.15) is 22.7 Å². The van der Waals surface area contributed by atoms with E-state index < -0.39 is 10.0 Å². The van der Waals surface area contributed by atoms with E-state index in [9.17, 15) is 8.42 Å². The van der Waals surface area contributed by atoms with Gasteiger partial charge in [0.1, 0.15) is 0 Å². The standard InChI is InChI=1S/C22H29N3O2S.2ClH/c1-28(26,27)25-15-20-14-24(13-18-9-7-17(8-10-18)11-12-23)16-21(20)22(25)19-5-3-2-4-6-19;;/h2-10,20-22H,11-16,23H2,1H3;2*1H/t20-,21-,22+;;/m1../s1. The molecule has 3 atom stereocenters. The van der Waals surface area contributed by atoms with Crippen molar-refractivity contribution in [3.8, 4) is 0 Å². The Morgan fingerprint density at radius 3 is 2.17 bits per heavy atom. The van der Waals surface area contributed by atoms with Gasteiger partial charge in [-0.3, -0.25) is 4.90 Å². The number of fused-ring (bicyclic) bond motifs is 1. The summed E-state index contributed by atoms with van der Waals surface area (Å²) in [6, 6.07) is 18.8. The zero-order valence-electron chi connectivity index (χ0n) is 17.2. The number of nitrogens with two attached hydrogens (primary N) is 1. The van der Waals surface area contributed by atoms with E-state index in [0.29, 0.717) is 24.9 Å². The molecule has 2 heterocycles. The summed E-state index contributed by atoms with van der Waals surface area (Å²) in [5, 5.41) is 0. The van der Waals surface area contributed by atoms with Gasteiger partial charge in [0.25, 0.3) is 0 Å². The monoisotopic (exact) mass is 471 g/mol. The number of halogens is 2. The summed E-state index contributed by atoms with van der Waals surface area (Å²) in [5.74, 6) is 0.727. The van der Waals surface area contributed by atoms with Crippen LogP contribution in [0.3, 0.4) is 0 Å². The molecule has 4 rings (SSSR count). The highest BCUT2D eigenvalue weighted by Gasteiger charge is 2.50. The summed E-state index contributed by atoms with van der Waals surface area (Å²) in [5.41, 5.74) is 9.31. The van der Waals surface area contributed by atoms with Crippen molar-refractivity contribution < 1.29 is 8.42 Å². The Kier molecular flexibility index (Phi) is 8.74. The van der Waals surface area contributed by atoms with Crippen molar-refractivity contribution in [2.75, 3.05) is 32.4 Å². The molecule has 0 spiro atoms. The molecule has 2 fully saturated rings. The zero-order valence-corrected chi connectivity index (χ0v) is 19.6. The minimum Gasteiger partial charge on any atom is -0.330 e. The molecule has 0 saturated carbocycles. The Hall–Kier alpha value is -1.15. The Balaban J connectivity index is 0.00000160. The number of benzene rings is 2. The van der Waals surface area contributed by atoms with Crippen LogP contribution in [-0.4, -0.2) is 50.1 Å². The first-order chi connectivity index (χ1) is 13.5. The van der Waals surface area contributed by atoms with Crippen LogP contribution in [0.5, 0.6) is 0 Å². The lowest BCUT2D eigenvalue weighted by Crippen LogP contribution is -2.34. The van der Waals surface area contributed by atoms with Crippen molar-refractivity contribution in [3.05, 3.63) is 71.3 Å². The fraction of sp³-hybridized carbons (Fsp3) is 0.455. The Labute approximate surface area is 192 Å². The summed E-state index contributed by atoms with van der Waals surface area (Å²) >= 11 is 0. The second-order valence-electron chi connectivity index (χ2n) is 8.16. The Morgan fingerprint density at radius 1 is 0.933 bits per heavy atom.